The van der Waals surface area contributed by atoms with E-state index in [0.717, 1.165) is 0 Å². The van der Waals surface area contributed by atoms with E-state index in [4.69, 9.17) is 4.74 Å². The number of nitrogens with one attached hydrogen (secondary N) is 1. The number of carbonyl (C=O) groups is 2. The van der Waals surface area contributed by atoms with Crippen molar-refractivity contribution in [1.82, 2.24) is 15.3 Å². The molecule has 0 aliphatic heterocycles. The smallest absolute Gasteiger partial charge is 0.325 e. The quantitative estimate of drug-likeness (QED) is 0.582. The van der Waals surface area contributed by atoms with Gasteiger partial charge in [0.15, 0.2) is 0 Å². The molecule has 1 amide bonds. The van der Waals surface area contributed by atoms with Crippen molar-refractivity contribution in [2.75, 3.05) is 13.2 Å². The highest BCUT2D eigenvalue weighted by molar-refractivity contribution is 9.10. The molecule has 9 heteroatoms. The van der Waals surface area contributed by atoms with Crippen LogP contribution in [-0.2, 0) is 9.53 Å². The normalized spacial score (nSPS) is 10.7. The Hall–Kier alpha value is -3.07. The predicted molar refractivity (Wildman–Crippen MR) is 103 cm³/mol. The highest BCUT2D eigenvalue weighted by Crippen LogP contribution is 2.37. The molecule has 0 bridgehead atoms. The minimum atomic E-state index is -0.728. The average molecular weight is 448 g/mol. The predicted octanol–water partition coefficient (Wildman–Crippen LogP) is 3.20. The van der Waals surface area contributed by atoms with Crippen molar-refractivity contribution in [3.63, 3.8) is 0 Å². The van der Waals surface area contributed by atoms with Crippen molar-refractivity contribution in [2.24, 2.45) is 0 Å². The van der Waals surface area contributed by atoms with Crippen molar-refractivity contribution in [3.05, 3.63) is 52.5 Å². The van der Waals surface area contributed by atoms with Crippen molar-refractivity contribution >= 4 is 38.8 Å². The number of fused-ring (bicyclic) bond motifs is 1. The maximum Gasteiger partial charge on any atom is 0.325 e. The molecule has 3 aromatic rings. The Morgan fingerprint density at radius 1 is 1.21 bits per heavy atom. The second-order valence-corrected chi connectivity index (χ2v) is 6.63. The Bertz CT molecular complexity index is 1050. The fourth-order valence-corrected chi connectivity index (χ4v) is 3.16. The van der Waals surface area contributed by atoms with Crippen LogP contribution in [0.5, 0.6) is 5.75 Å². The minimum Gasteiger partial charge on any atom is -0.506 e. The van der Waals surface area contributed by atoms with Gasteiger partial charge in [0.2, 0.25) is 0 Å². The van der Waals surface area contributed by atoms with E-state index in [2.05, 4.69) is 31.2 Å². The molecule has 2 N–H and O–H groups in total. The SMILES string of the molecule is CCOC(=O)CNC(=O)c1c(O)c(-c2cc(F)cc(Br)c2)cc2nccnc12. The molecule has 0 aliphatic carbocycles. The first-order valence-corrected chi connectivity index (χ1v) is 9.07. The molecule has 0 radical (unpaired) electrons. The van der Waals surface area contributed by atoms with Crippen LogP contribution >= 0.6 is 15.9 Å². The summed E-state index contributed by atoms with van der Waals surface area (Å²) in [6.45, 7) is 1.46. The van der Waals surface area contributed by atoms with E-state index in [1.165, 1.54) is 30.6 Å². The highest BCUT2D eigenvalue weighted by Gasteiger charge is 2.22. The van der Waals surface area contributed by atoms with E-state index < -0.39 is 23.4 Å². The molecule has 1 aromatic heterocycles. The Kier molecular flexibility index (Phi) is 5.84. The topological polar surface area (TPSA) is 101 Å². The molecule has 3 rings (SSSR count). The number of hydrogen-bond donors (Lipinski definition) is 2. The van der Waals surface area contributed by atoms with E-state index in [1.807, 2.05) is 0 Å². The number of carbonyl (C=O) groups excluding carboxylic acids is 2. The number of halogens is 2. The number of aromatic nitrogens is 2. The number of ether oxygens (including phenoxy) is 1. The third-order valence-electron chi connectivity index (χ3n) is 3.84. The molecular formula is C19H15BrFN3O4. The van der Waals surface area contributed by atoms with Crippen LogP contribution in [-0.4, -0.2) is 40.1 Å². The Morgan fingerprint density at radius 3 is 2.68 bits per heavy atom. The zero-order chi connectivity index (χ0) is 20.3. The third-order valence-corrected chi connectivity index (χ3v) is 4.29. The molecule has 7 nitrogen and oxygen atoms in total. The number of rotatable bonds is 5. The number of hydrogen-bond acceptors (Lipinski definition) is 6. The van der Waals surface area contributed by atoms with Gasteiger partial charge in [-0.2, -0.15) is 0 Å². The third kappa shape index (κ3) is 4.09. The summed E-state index contributed by atoms with van der Waals surface area (Å²) in [5.74, 6) is -2.26. The first-order chi connectivity index (χ1) is 13.4. The van der Waals surface area contributed by atoms with Crippen molar-refractivity contribution < 1.29 is 23.8 Å². The Balaban J connectivity index is 2.12. The van der Waals surface area contributed by atoms with Crippen LogP contribution in [0.4, 0.5) is 4.39 Å². The van der Waals surface area contributed by atoms with E-state index in [-0.39, 0.29) is 29.8 Å². The molecule has 0 unspecified atom stereocenters. The van der Waals surface area contributed by atoms with Gasteiger partial charge in [-0.1, -0.05) is 15.9 Å². The summed E-state index contributed by atoms with van der Waals surface area (Å²) in [4.78, 5) is 32.5. The largest absolute Gasteiger partial charge is 0.506 e. The number of benzene rings is 2. The summed E-state index contributed by atoms with van der Waals surface area (Å²) in [6.07, 6.45) is 2.81. The summed E-state index contributed by atoms with van der Waals surface area (Å²) < 4.78 is 19.1. The molecule has 0 spiro atoms. The van der Waals surface area contributed by atoms with Crippen molar-refractivity contribution in [1.29, 1.82) is 0 Å². The van der Waals surface area contributed by atoms with Gasteiger partial charge in [0.1, 0.15) is 29.2 Å². The van der Waals surface area contributed by atoms with Crippen molar-refractivity contribution in [3.8, 4) is 16.9 Å². The lowest BCUT2D eigenvalue weighted by molar-refractivity contribution is -0.141. The molecule has 1 heterocycles. The van der Waals surface area contributed by atoms with Gasteiger partial charge in [0.05, 0.1) is 12.1 Å². The summed E-state index contributed by atoms with van der Waals surface area (Å²) in [5, 5.41) is 13.2. The van der Waals surface area contributed by atoms with Crippen LogP contribution in [0.1, 0.15) is 17.3 Å². The van der Waals surface area contributed by atoms with Gasteiger partial charge in [-0.3, -0.25) is 19.6 Å². The molecule has 144 valence electrons. The van der Waals surface area contributed by atoms with E-state index in [1.54, 1.807) is 13.0 Å². The van der Waals surface area contributed by atoms with Gasteiger partial charge in [0, 0.05) is 22.4 Å². The van der Waals surface area contributed by atoms with Crippen LogP contribution in [0, 0.1) is 5.82 Å². The minimum absolute atomic E-state index is 0.153. The lowest BCUT2D eigenvalue weighted by Crippen LogP contribution is -2.31. The second-order valence-electron chi connectivity index (χ2n) is 5.72. The molecule has 0 saturated heterocycles. The van der Waals surface area contributed by atoms with E-state index >= 15 is 0 Å². The van der Waals surface area contributed by atoms with E-state index in [0.29, 0.717) is 15.6 Å². The van der Waals surface area contributed by atoms with Crippen LogP contribution in [0.25, 0.3) is 22.2 Å². The number of amides is 1. The number of phenolic OH excluding ortho intramolecular Hbond substituents is 1. The standard InChI is InChI=1S/C19H15BrFN3O4/c1-2-28-15(25)9-24-19(27)16-17-14(22-3-4-23-17)8-13(18(16)26)10-5-11(20)7-12(21)6-10/h3-8,26H,2,9H2,1H3,(H,24,27). The summed E-state index contributed by atoms with van der Waals surface area (Å²) in [7, 11) is 0. The van der Waals surface area contributed by atoms with Gasteiger partial charge in [0.25, 0.3) is 5.91 Å². The lowest BCUT2D eigenvalue weighted by Gasteiger charge is -2.13. The second kappa shape index (κ2) is 8.30. The number of nitrogens with zero attached hydrogens (tertiary/aromatic N) is 2. The number of phenols is 1. The Labute approximate surface area is 167 Å². The van der Waals surface area contributed by atoms with Crippen LogP contribution in [0.2, 0.25) is 0 Å². The summed E-state index contributed by atoms with van der Waals surface area (Å²) in [6, 6.07) is 5.61. The van der Waals surface area contributed by atoms with Crippen LogP contribution < -0.4 is 5.32 Å². The summed E-state index contributed by atoms with van der Waals surface area (Å²) in [5.41, 5.74) is 0.869. The van der Waals surface area contributed by atoms with Gasteiger partial charge in [-0.05, 0) is 36.8 Å². The van der Waals surface area contributed by atoms with E-state index in [9.17, 15) is 19.1 Å². The van der Waals surface area contributed by atoms with Gasteiger partial charge < -0.3 is 15.2 Å². The lowest BCUT2D eigenvalue weighted by atomic mass is 9.99. The first-order valence-electron chi connectivity index (χ1n) is 8.27. The fraction of sp³-hybridized carbons (Fsp3) is 0.158. The molecule has 2 aromatic carbocycles. The number of aromatic hydroxyl groups is 1. The maximum absolute atomic E-state index is 13.8. The molecule has 0 atom stereocenters. The van der Waals surface area contributed by atoms with Crippen molar-refractivity contribution in [2.45, 2.75) is 6.92 Å². The number of esters is 1. The molecule has 0 saturated carbocycles. The zero-order valence-corrected chi connectivity index (χ0v) is 16.3. The summed E-state index contributed by atoms with van der Waals surface area (Å²) >= 11 is 3.21. The Morgan fingerprint density at radius 2 is 1.96 bits per heavy atom. The molecule has 0 aliphatic rings. The fourth-order valence-electron chi connectivity index (χ4n) is 2.70. The van der Waals surface area contributed by atoms with Gasteiger partial charge >= 0.3 is 5.97 Å². The molecule has 0 fully saturated rings. The maximum atomic E-state index is 13.8. The van der Waals surface area contributed by atoms with Gasteiger partial charge in [-0.15, -0.1) is 0 Å². The highest BCUT2D eigenvalue weighted by atomic mass is 79.9. The van der Waals surface area contributed by atoms with Crippen LogP contribution in [0.15, 0.2) is 41.1 Å². The zero-order valence-electron chi connectivity index (χ0n) is 14.7. The average Bonchev–Trinajstić information content (AvgIpc) is 2.65. The first kappa shape index (κ1) is 19.7. The van der Waals surface area contributed by atoms with Gasteiger partial charge in [-0.25, -0.2) is 4.39 Å². The molecule has 28 heavy (non-hydrogen) atoms. The molecular weight excluding hydrogens is 433 g/mol. The monoisotopic (exact) mass is 447 g/mol. The van der Waals surface area contributed by atoms with Crippen LogP contribution in [0.3, 0.4) is 0 Å².